The van der Waals surface area contributed by atoms with Crippen LogP contribution in [0, 0.1) is 5.92 Å². The van der Waals surface area contributed by atoms with Gasteiger partial charge in [-0.15, -0.1) is 0 Å². The lowest BCUT2D eigenvalue weighted by Gasteiger charge is -2.15. The normalized spacial score (nSPS) is 15.3. The topological polar surface area (TPSA) is 103 Å². The van der Waals surface area contributed by atoms with Crippen molar-refractivity contribution in [2.24, 2.45) is 11.7 Å². The molecule has 128 valence electrons. The number of benzene rings is 1. The largest absolute Gasteiger partial charge is 0.485 e. The Labute approximate surface area is 140 Å². The highest BCUT2D eigenvalue weighted by Gasteiger charge is 2.29. The van der Waals surface area contributed by atoms with E-state index in [0.717, 1.165) is 12.8 Å². The summed E-state index contributed by atoms with van der Waals surface area (Å²) < 4.78 is 10.8. The van der Waals surface area contributed by atoms with Crippen molar-refractivity contribution in [3.8, 4) is 5.75 Å². The maximum atomic E-state index is 11.9. The fourth-order valence-electron chi connectivity index (χ4n) is 2.13. The molecule has 1 aliphatic rings. The van der Waals surface area contributed by atoms with E-state index >= 15 is 0 Å². The zero-order valence-electron chi connectivity index (χ0n) is 13.9. The maximum Gasteiger partial charge on any atom is 0.241 e. The van der Waals surface area contributed by atoms with E-state index in [0.29, 0.717) is 29.1 Å². The van der Waals surface area contributed by atoms with Crippen molar-refractivity contribution in [3.05, 3.63) is 36.0 Å². The number of nitrogens with two attached hydrogens (primary N) is 1. The van der Waals surface area contributed by atoms with Crippen LogP contribution >= 0.6 is 0 Å². The fourth-order valence-corrected chi connectivity index (χ4v) is 2.13. The van der Waals surface area contributed by atoms with Crippen molar-refractivity contribution in [2.45, 2.75) is 45.3 Å². The molecule has 3 N–H and O–H groups in total. The van der Waals surface area contributed by atoms with Crippen molar-refractivity contribution >= 4 is 11.6 Å². The van der Waals surface area contributed by atoms with Gasteiger partial charge in [-0.2, -0.15) is 4.98 Å². The number of amides is 1. The number of nitrogens with one attached hydrogen (secondary N) is 1. The van der Waals surface area contributed by atoms with E-state index in [1.807, 2.05) is 13.8 Å². The molecule has 24 heavy (non-hydrogen) atoms. The lowest BCUT2D eigenvalue weighted by Crippen LogP contribution is -2.39. The van der Waals surface area contributed by atoms with Gasteiger partial charge in [0, 0.05) is 11.6 Å². The highest BCUT2D eigenvalue weighted by Crippen LogP contribution is 2.38. The lowest BCUT2D eigenvalue weighted by molar-refractivity contribution is -0.118. The Balaban J connectivity index is 1.51. The minimum Gasteiger partial charge on any atom is -0.485 e. The minimum atomic E-state index is -0.528. The second-order valence-corrected chi connectivity index (χ2v) is 6.40. The van der Waals surface area contributed by atoms with Crippen molar-refractivity contribution in [3.63, 3.8) is 0 Å². The summed E-state index contributed by atoms with van der Waals surface area (Å²) in [5.74, 6) is 2.23. The van der Waals surface area contributed by atoms with Gasteiger partial charge in [0.1, 0.15) is 5.75 Å². The molecule has 2 aromatic rings. The molecule has 0 spiro atoms. The molecule has 0 bridgehead atoms. The third-order valence-electron chi connectivity index (χ3n) is 3.92. The standard InChI is InChI=1S/C17H22N4O3/c1-10(2)15(18)16(22)19-12-5-7-13(8-6-12)23-9-14-20-17(24-21-14)11-3-4-11/h5-8,10-11,15H,3-4,9,18H2,1-2H3,(H,19,22)/t15-/m0/s1. The molecular formula is C17H22N4O3. The Morgan fingerprint density at radius 2 is 2.08 bits per heavy atom. The van der Waals surface area contributed by atoms with E-state index in [4.69, 9.17) is 15.0 Å². The van der Waals surface area contributed by atoms with Crippen LogP contribution in [0.25, 0.3) is 0 Å². The van der Waals surface area contributed by atoms with Crippen LogP contribution in [0.1, 0.15) is 44.3 Å². The van der Waals surface area contributed by atoms with Crippen molar-refractivity contribution in [1.82, 2.24) is 10.1 Å². The summed E-state index contributed by atoms with van der Waals surface area (Å²) in [5, 5.41) is 6.69. The van der Waals surface area contributed by atoms with Gasteiger partial charge < -0.3 is 20.3 Å². The molecular weight excluding hydrogens is 308 g/mol. The molecule has 1 saturated carbocycles. The van der Waals surface area contributed by atoms with E-state index in [9.17, 15) is 4.79 Å². The number of aromatic nitrogens is 2. The molecule has 1 fully saturated rings. The summed E-state index contributed by atoms with van der Waals surface area (Å²) in [5.41, 5.74) is 6.50. The van der Waals surface area contributed by atoms with Gasteiger partial charge in [-0.3, -0.25) is 4.79 Å². The summed E-state index contributed by atoms with van der Waals surface area (Å²) in [4.78, 5) is 16.2. The van der Waals surface area contributed by atoms with Crippen molar-refractivity contribution in [1.29, 1.82) is 0 Å². The van der Waals surface area contributed by atoms with Gasteiger partial charge in [-0.25, -0.2) is 0 Å². The summed E-state index contributed by atoms with van der Waals surface area (Å²) in [7, 11) is 0. The average Bonchev–Trinajstić information content (AvgIpc) is 3.32. The van der Waals surface area contributed by atoms with Crippen LogP contribution in [0.2, 0.25) is 0 Å². The molecule has 0 unspecified atom stereocenters. The molecule has 0 radical (unpaired) electrons. The molecule has 7 nitrogen and oxygen atoms in total. The quantitative estimate of drug-likeness (QED) is 0.808. The van der Waals surface area contributed by atoms with E-state index in [1.165, 1.54) is 0 Å². The van der Waals surface area contributed by atoms with Crippen LogP contribution in [0.15, 0.2) is 28.8 Å². The Hall–Kier alpha value is -2.41. The summed E-state index contributed by atoms with van der Waals surface area (Å²) in [6.07, 6.45) is 2.24. The first kappa shape index (κ1) is 16.4. The molecule has 1 heterocycles. The first-order valence-electron chi connectivity index (χ1n) is 8.14. The number of rotatable bonds is 7. The molecule has 1 aromatic heterocycles. The number of anilines is 1. The first-order chi connectivity index (χ1) is 11.5. The Bertz CT molecular complexity index is 692. The number of ether oxygens (including phenoxy) is 1. The van der Waals surface area contributed by atoms with Crippen LogP contribution in [0.4, 0.5) is 5.69 Å². The van der Waals surface area contributed by atoms with Gasteiger partial charge in [0.15, 0.2) is 6.61 Å². The Kier molecular flexibility index (Phi) is 4.80. The van der Waals surface area contributed by atoms with Gasteiger partial charge in [-0.1, -0.05) is 19.0 Å². The fraction of sp³-hybridized carbons (Fsp3) is 0.471. The Morgan fingerprint density at radius 3 is 2.71 bits per heavy atom. The zero-order valence-corrected chi connectivity index (χ0v) is 13.9. The smallest absolute Gasteiger partial charge is 0.241 e. The van der Waals surface area contributed by atoms with Crippen LogP contribution in [-0.2, 0) is 11.4 Å². The molecule has 0 aliphatic heterocycles. The minimum absolute atomic E-state index is 0.0862. The average molecular weight is 330 g/mol. The van der Waals surface area contributed by atoms with Gasteiger partial charge >= 0.3 is 0 Å². The summed E-state index contributed by atoms with van der Waals surface area (Å²) >= 11 is 0. The lowest BCUT2D eigenvalue weighted by atomic mass is 10.1. The number of hydrogen-bond donors (Lipinski definition) is 2. The van der Waals surface area contributed by atoms with Gasteiger partial charge in [0.2, 0.25) is 17.6 Å². The second kappa shape index (κ2) is 7.00. The van der Waals surface area contributed by atoms with Crippen LogP contribution in [0.3, 0.4) is 0 Å². The number of hydrogen-bond acceptors (Lipinski definition) is 6. The summed E-state index contributed by atoms with van der Waals surface area (Å²) in [6, 6.07) is 6.56. The molecule has 1 aliphatic carbocycles. The van der Waals surface area contributed by atoms with Crippen molar-refractivity contribution < 1.29 is 14.1 Å². The number of nitrogens with zero attached hydrogens (tertiary/aromatic N) is 2. The van der Waals surface area contributed by atoms with E-state index < -0.39 is 6.04 Å². The maximum absolute atomic E-state index is 11.9. The predicted molar refractivity (Wildman–Crippen MR) is 88.5 cm³/mol. The number of carbonyl (C=O) groups excluding carboxylic acids is 1. The molecule has 0 saturated heterocycles. The molecule has 7 heteroatoms. The van der Waals surface area contributed by atoms with E-state index in [2.05, 4.69) is 15.5 Å². The highest BCUT2D eigenvalue weighted by molar-refractivity contribution is 5.94. The molecule has 1 aromatic carbocycles. The van der Waals surface area contributed by atoms with Gasteiger partial charge in [0.05, 0.1) is 6.04 Å². The van der Waals surface area contributed by atoms with E-state index in [1.54, 1.807) is 24.3 Å². The number of carbonyl (C=O) groups is 1. The third-order valence-corrected chi connectivity index (χ3v) is 3.92. The first-order valence-corrected chi connectivity index (χ1v) is 8.14. The van der Waals surface area contributed by atoms with Crippen molar-refractivity contribution in [2.75, 3.05) is 5.32 Å². The van der Waals surface area contributed by atoms with Crippen LogP contribution < -0.4 is 15.8 Å². The van der Waals surface area contributed by atoms with E-state index in [-0.39, 0.29) is 18.4 Å². The molecule has 3 rings (SSSR count). The van der Waals surface area contributed by atoms with Crippen LogP contribution in [-0.4, -0.2) is 22.1 Å². The van der Waals surface area contributed by atoms with Gasteiger partial charge in [0.25, 0.3) is 0 Å². The highest BCUT2D eigenvalue weighted by atomic mass is 16.5. The zero-order chi connectivity index (χ0) is 17.1. The Morgan fingerprint density at radius 1 is 1.38 bits per heavy atom. The van der Waals surface area contributed by atoms with Crippen LogP contribution in [0.5, 0.6) is 5.75 Å². The molecule has 1 atom stereocenters. The monoisotopic (exact) mass is 330 g/mol. The summed E-state index contributed by atoms with van der Waals surface area (Å²) in [6.45, 7) is 4.07. The second-order valence-electron chi connectivity index (χ2n) is 6.40. The SMILES string of the molecule is CC(C)[C@H](N)C(=O)Nc1ccc(OCc2noc(C3CC3)n2)cc1. The van der Waals surface area contributed by atoms with Gasteiger partial charge in [-0.05, 0) is 43.0 Å². The predicted octanol–water partition coefficient (Wildman–Crippen LogP) is 2.45. The molecule has 1 amide bonds. The third kappa shape index (κ3) is 4.11.